The van der Waals surface area contributed by atoms with E-state index in [0.29, 0.717) is 32.7 Å². The van der Waals surface area contributed by atoms with E-state index in [1.807, 2.05) is 30.3 Å². The van der Waals surface area contributed by atoms with Crippen LogP contribution < -0.4 is 4.74 Å². The molecular formula is C19H24N2O4. The van der Waals surface area contributed by atoms with Crippen LogP contribution >= 0.6 is 0 Å². The first-order valence-corrected chi connectivity index (χ1v) is 8.46. The minimum atomic E-state index is -0.820. The maximum Gasteiger partial charge on any atom is 0.313 e. The molecule has 2 aliphatic heterocycles. The van der Waals surface area contributed by atoms with Gasteiger partial charge in [0.15, 0.2) is 0 Å². The minimum Gasteiger partial charge on any atom is -0.497 e. The zero-order valence-corrected chi connectivity index (χ0v) is 14.6. The fourth-order valence-electron chi connectivity index (χ4n) is 3.90. The first-order valence-electron chi connectivity index (χ1n) is 8.46. The molecule has 2 aliphatic rings. The van der Waals surface area contributed by atoms with Crippen molar-refractivity contribution in [3.8, 4) is 5.75 Å². The lowest BCUT2D eigenvalue weighted by molar-refractivity contribution is -0.149. The van der Waals surface area contributed by atoms with Crippen LogP contribution in [0.2, 0.25) is 0 Å². The van der Waals surface area contributed by atoms with Crippen LogP contribution in [0, 0.1) is 11.3 Å². The van der Waals surface area contributed by atoms with Gasteiger partial charge in [-0.25, -0.2) is 0 Å². The van der Waals surface area contributed by atoms with Crippen molar-refractivity contribution in [2.24, 2.45) is 11.3 Å². The molecular weight excluding hydrogens is 320 g/mol. The summed E-state index contributed by atoms with van der Waals surface area (Å²) in [5.41, 5.74) is 0.260. The zero-order chi connectivity index (χ0) is 18.0. The lowest BCUT2D eigenvalue weighted by atomic mass is 9.81. The molecule has 2 atom stereocenters. The summed E-state index contributed by atoms with van der Waals surface area (Å²) in [4.78, 5) is 27.3. The molecule has 0 aromatic heterocycles. The molecule has 1 aromatic carbocycles. The highest BCUT2D eigenvalue weighted by atomic mass is 16.5. The van der Waals surface area contributed by atoms with E-state index in [-0.39, 0.29) is 11.8 Å². The Hall–Kier alpha value is -2.34. The third-order valence-electron chi connectivity index (χ3n) is 5.34. The average Bonchev–Trinajstić information content (AvgIpc) is 3.11. The number of hydrogen-bond donors (Lipinski definition) is 1. The van der Waals surface area contributed by atoms with Crippen molar-refractivity contribution >= 4 is 18.0 Å². The first kappa shape index (κ1) is 17.5. The van der Waals surface area contributed by atoms with Gasteiger partial charge in [0.05, 0.1) is 7.11 Å². The number of carboxylic acid groups (broad SMARTS) is 1. The lowest BCUT2D eigenvalue weighted by Crippen LogP contribution is -2.41. The summed E-state index contributed by atoms with van der Waals surface area (Å²) in [6, 6.07) is 7.79. The maximum absolute atomic E-state index is 11.9. The van der Waals surface area contributed by atoms with E-state index in [9.17, 15) is 14.7 Å². The highest BCUT2D eigenvalue weighted by Crippen LogP contribution is 2.42. The molecule has 0 unspecified atom stereocenters. The van der Waals surface area contributed by atoms with Gasteiger partial charge in [-0.2, -0.15) is 0 Å². The highest BCUT2D eigenvalue weighted by molar-refractivity contribution is 5.80. The molecule has 1 aromatic rings. The van der Waals surface area contributed by atoms with Crippen LogP contribution in [0.25, 0.3) is 6.08 Å². The molecule has 2 heterocycles. The van der Waals surface area contributed by atoms with Crippen molar-refractivity contribution in [2.75, 3.05) is 39.8 Å². The molecule has 1 N–H and O–H groups in total. The van der Waals surface area contributed by atoms with Gasteiger partial charge in [0.1, 0.15) is 11.2 Å². The molecule has 2 fully saturated rings. The second kappa shape index (κ2) is 6.88. The van der Waals surface area contributed by atoms with E-state index in [1.54, 1.807) is 12.0 Å². The number of aliphatic carboxylic acids is 1. The summed E-state index contributed by atoms with van der Waals surface area (Å²) in [5.74, 6) is -0.00455. The van der Waals surface area contributed by atoms with Crippen molar-refractivity contribution in [3.05, 3.63) is 35.9 Å². The molecule has 0 bridgehead atoms. The van der Waals surface area contributed by atoms with E-state index in [1.165, 1.54) is 6.92 Å². The molecule has 0 spiro atoms. The number of ether oxygens (including phenoxy) is 1. The summed E-state index contributed by atoms with van der Waals surface area (Å²) in [5, 5.41) is 9.75. The minimum absolute atomic E-state index is 0.00304. The molecule has 0 aliphatic carbocycles. The van der Waals surface area contributed by atoms with Crippen molar-refractivity contribution in [1.82, 2.24) is 9.80 Å². The summed E-state index contributed by atoms with van der Waals surface area (Å²) in [6.45, 7) is 4.28. The Morgan fingerprint density at radius 3 is 2.56 bits per heavy atom. The number of benzene rings is 1. The van der Waals surface area contributed by atoms with Crippen LogP contribution in [0.5, 0.6) is 5.75 Å². The topological polar surface area (TPSA) is 70.1 Å². The average molecular weight is 344 g/mol. The Bertz CT molecular complexity index is 685. The van der Waals surface area contributed by atoms with E-state index in [4.69, 9.17) is 4.74 Å². The van der Waals surface area contributed by atoms with Crippen LogP contribution in [0.3, 0.4) is 0 Å². The summed E-state index contributed by atoms with van der Waals surface area (Å²) in [7, 11) is 1.64. The normalized spacial score (nSPS) is 26.2. The number of methoxy groups -OCH3 is 1. The molecule has 6 nitrogen and oxygen atoms in total. The summed E-state index contributed by atoms with van der Waals surface area (Å²) >= 11 is 0. The van der Waals surface area contributed by atoms with Gasteiger partial charge >= 0.3 is 5.97 Å². The van der Waals surface area contributed by atoms with Crippen LogP contribution in [0.4, 0.5) is 0 Å². The maximum atomic E-state index is 11.9. The standard InChI is InChI=1S/C19H24N2O4/c1-14(22)21-11-16-10-20(12-19(16,13-21)18(23)24)9-3-4-15-5-7-17(25-2)8-6-15/h3-8,16H,9-13H2,1-2H3,(H,23,24)/b4-3+/t16-,19-/m1/s1. The molecule has 3 rings (SSSR count). The number of likely N-dealkylation sites (tertiary alicyclic amines) is 2. The Morgan fingerprint density at radius 1 is 1.28 bits per heavy atom. The zero-order valence-electron chi connectivity index (χ0n) is 14.6. The second-order valence-electron chi connectivity index (χ2n) is 6.93. The number of hydrogen-bond acceptors (Lipinski definition) is 4. The molecule has 0 saturated carbocycles. The largest absolute Gasteiger partial charge is 0.497 e. The van der Waals surface area contributed by atoms with Gasteiger partial charge in [-0.1, -0.05) is 24.3 Å². The Morgan fingerprint density at radius 2 is 2.00 bits per heavy atom. The Labute approximate surface area is 147 Å². The van der Waals surface area contributed by atoms with Crippen LogP contribution in [-0.4, -0.2) is 66.6 Å². The predicted molar refractivity (Wildman–Crippen MR) is 94.3 cm³/mol. The smallest absolute Gasteiger partial charge is 0.313 e. The Balaban J connectivity index is 1.61. The number of carbonyl (C=O) groups is 2. The molecule has 1 amide bonds. The molecule has 0 radical (unpaired) electrons. The lowest BCUT2D eigenvalue weighted by Gasteiger charge is -2.24. The third-order valence-corrected chi connectivity index (χ3v) is 5.34. The number of carboxylic acids is 1. The molecule has 25 heavy (non-hydrogen) atoms. The molecule has 2 saturated heterocycles. The third kappa shape index (κ3) is 3.39. The summed E-state index contributed by atoms with van der Waals surface area (Å²) < 4.78 is 5.14. The fourth-order valence-corrected chi connectivity index (χ4v) is 3.90. The Kier molecular flexibility index (Phi) is 4.81. The summed E-state index contributed by atoms with van der Waals surface area (Å²) in [6.07, 6.45) is 4.09. The van der Waals surface area contributed by atoms with E-state index < -0.39 is 11.4 Å². The first-order chi connectivity index (χ1) is 11.9. The number of fused-ring (bicyclic) bond motifs is 1. The van der Waals surface area contributed by atoms with Crippen molar-refractivity contribution in [1.29, 1.82) is 0 Å². The van der Waals surface area contributed by atoms with Crippen molar-refractivity contribution in [2.45, 2.75) is 6.92 Å². The van der Waals surface area contributed by atoms with E-state index in [2.05, 4.69) is 11.0 Å². The van der Waals surface area contributed by atoms with Gasteiger partial charge in [-0.3, -0.25) is 14.5 Å². The number of carbonyl (C=O) groups excluding carboxylic acids is 1. The van der Waals surface area contributed by atoms with Gasteiger partial charge in [0.25, 0.3) is 0 Å². The van der Waals surface area contributed by atoms with E-state index in [0.717, 1.165) is 11.3 Å². The van der Waals surface area contributed by atoms with Crippen LogP contribution in [0.15, 0.2) is 30.3 Å². The number of rotatable bonds is 5. The van der Waals surface area contributed by atoms with Gasteiger partial charge in [-0.05, 0) is 17.7 Å². The second-order valence-corrected chi connectivity index (χ2v) is 6.93. The fraction of sp³-hybridized carbons (Fsp3) is 0.474. The quantitative estimate of drug-likeness (QED) is 0.878. The number of amides is 1. The highest BCUT2D eigenvalue weighted by Gasteiger charge is 2.57. The molecule has 134 valence electrons. The van der Waals surface area contributed by atoms with E-state index >= 15 is 0 Å². The predicted octanol–water partition coefficient (Wildman–Crippen LogP) is 1.57. The van der Waals surface area contributed by atoms with Crippen molar-refractivity contribution < 1.29 is 19.4 Å². The molecule has 6 heteroatoms. The number of nitrogens with zero attached hydrogens (tertiary/aromatic N) is 2. The van der Waals surface area contributed by atoms with Gasteiger partial charge in [0.2, 0.25) is 5.91 Å². The monoisotopic (exact) mass is 344 g/mol. The van der Waals surface area contributed by atoms with Crippen LogP contribution in [0.1, 0.15) is 12.5 Å². The SMILES string of the molecule is COc1ccc(/C=C/CN2C[C@@H]3CN(C(C)=O)C[C@]3(C(=O)O)C2)cc1. The van der Waals surface area contributed by atoms with Gasteiger partial charge in [0, 0.05) is 45.6 Å². The van der Waals surface area contributed by atoms with Gasteiger partial charge < -0.3 is 14.7 Å². The van der Waals surface area contributed by atoms with Crippen molar-refractivity contribution in [3.63, 3.8) is 0 Å². The van der Waals surface area contributed by atoms with Crippen LogP contribution in [-0.2, 0) is 9.59 Å². The van der Waals surface area contributed by atoms with Gasteiger partial charge in [-0.15, -0.1) is 0 Å².